The Bertz CT molecular complexity index is 1180. The number of rotatable bonds is 5. The van der Waals surface area contributed by atoms with Crippen molar-refractivity contribution < 1.29 is 18.7 Å². The highest BCUT2D eigenvalue weighted by atomic mass is 35.5. The van der Waals surface area contributed by atoms with Crippen LogP contribution in [0.5, 0.6) is 11.5 Å². The van der Waals surface area contributed by atoms with E-state index in [1.165, 1.54) is 0 Å². The molecule has 28 heavy (non-hydrogen) atoms. The molecule has 0 spiro atoms. The number of halogens is 1. The molecule has 0 saturated carbocycles. The molecule has 0 atom stereocenters. The van der Waals surface area contributed by atoms with E-state index in [9.17, 15) is 4.79 Å². The molecule has 0 aliphatic heterocycles. The van der Waals surface area contributed by atoms with E-state index in [4.69, 9.17) is 25.5 Å². The van der Waals surface area contributed by atoms with Gasteiger partial charge in [-0.25, -0.2) is 0 Å². The fraction of sp³-hybridized carbons (Fsp3) is 0.136. The van der Waals surface area contributed by atoms with E-state index in [2.05, 4.69) is 5.32 Å². The molecule has 6 heteroatoms. The van der Waals surface area contributed by atoms with Crippen molar-refractivity contribution in [2.75, 3.05) is 19.5 Å². The molecule has 1 amide bonds. The Kier molecular flexibility index (Phi) is 4.84. The molecule has 0 unspecified atom stereocenters. The van der Waals surface area contributed by atoms with Crippen LogP contribution in [0.4, 0.5) is 5.69 Å². The molecule has 1 aromatic heterocycles. The second kappa shape index (κ2) is 7.44. The number of hydrogen-bond donors (Lipinski definition) is 1. The molecule has 4 rings (SSSR count). The number of carbonyl (C=O) groups is 1. The summed E-state index contributed by atoms with van der Waals surface area (Å²) in [6.45, 7) is 0. The number of carbonyl (C=O) groups excluding carboxylic acids is 1. The third kappa shape index (κ3) is 3.37. The van der Waals surface area contributed by atoms with E-state index in [-0.39, 0.29) is 12.3 Å². The highest BCUT2D eigenvalue weighted by molar-refractivity contribution is 6.30. The molecular weight excluding hydrogens is 378 g/mol. The summed E-state index contributed by atoms with van der Waals surface area (Å²) in [5.41, 5.74) is 2.71. The number of fused-ring (bicyclic) bond motifs is 3. The number of anilines is 1. The molecule has 1 heterocycles. The van der Waals surface area contributed by atoms with Gasteiger partial charge in [0.1, 0.15) is 22.7 Å². The molecule has 0 radical (unpaired) electrons. The van der Waals surface area contributed by atoms with Crippen LogP contribution in [0.25, 0.3) is 21.9 Å². The van der Waals surface area contributed by atoms with Crippen LogP contribution in [0, 0.1) is 0 Å². The molecule has 142 valence electrons. The lowest BCUT2D eigenvalue weighted by molar-refractivity contribution is -0.115. The van der Waals surface area contributed by atoms with Gasteiger partial charge in [0, 0.05) is 27.4 Å². The van der Waals surface area contributed by atoms with Gasteiger partial charge in [0.15, 0.2) is 0 Å². The Morgan fingerprint density at radius 3 is 2.54 bits per heavy atom. The van der Waals surface area contributed by atoms with Crippen molar-refractivity contribution in [1.82, 2.24) is 0 Å². The van der Waals surface area contributed by atoms with Gasteiger partial charge in [-0.2, -0.15) is 0 Å². The lowest BCUT2D eigenvalue weighted by atomic mass is 10.1. The minimum atomic E-state index is -0.214. The number of amides is 1. The summed E-state index contributed by atoms with van der Waals surface area (Å²) in [6, 6.07) is 16.6. The van der Waals surface area contributed by atoms with Crippen molar-refractivity contribution in [3.8, 4) is 11.5 Å². The van der Waals surface area contributed by atoms with Crippen LogP contribution in [0.2, 0.25) is 5.02 Å². The zero-order valence-electron chi connectivity index (χ0n) is 15.4. The minimum Gasteiger partial charge on any atom is -0.496 e. The summed E-state index contributed by atoms with van der Waals surface area (Å²) in [4.78, 5) is 12.6. The quantitative estimate of drug-likeness (QED) is 0.489. The first-order chi connectivity index (χ1) is 13.6. The van der Waals surface area contributed by atoms with Gasteiger partial charge >= 0.3 is 0 Å². The van der Waals surface area contributed by atoms with E-state index in [0.29, 0.717) is 33.4 Å². The first-order valence-corrected chi connectivity index (χ1v) is 9.08. The van der Waals surface area contributed by atoms with Crippen molar-refractivity contribution in [1.29, 1.82) is 0 Å². The van der Waals surface area contributed by atoms with Gasteiger partial charge in [-0.3, -0.25) is 4.79 Å². The first kappa shape index (κ1) is 18.2. The van der Waals surface area contributed by atoms with E-state index in [1.54, 1.807) is 38.5 Å². The Labute approximate surface area is 166 Å². The van der Waals surface area contributed by atoms with Crippen LogP contribution in [-0.2, 0) is 11.2 Å². The van der Waals surface area contributed by atoms with Gasteiger partial charge in [-0.15, -0.1) is 0 Å². The maximum atomic E-state index is 12.6. The van der Waals surface area contributed by atoms with E-state index >= 15 is 0 Å². The zero-order chi connectivity index (χ0) is 19.7. The van der Waals surface area contributed by atoms with Gasteiger partial charge in [0.25, 0.3) is 0 Å². The molecule has 4 aromatic rings. The maximum Gasteiger partial charge on any atom is 0.229 e. The van der Waals surface area contributed by atoms with Crippen molar-refractivity contribution in [3.63, 3.8) is 0 Å². The van der Waals surface area contributed by atoms with Crippen molar-refractivity contribution in [3.05, 3.63) is 65.2 Å². The smallest absolute Gasteiger partial charge is 0.229 e. The predicted octanol–water partition coefficient (Wildman–Crippen LogP) is 5.44. The van der Waals surface area contributed by atoms with Gasteiger partial charge in [0.05, 0.1) is 26.3 Å². The predicted molar refractivity (Wildman–Crippen MR) is 111 cm³/mol. The second-order valence-corrected chi connectivity index (χ2v) is 6.76. The third-order valence-corrected chi connectivity index (χ3v) is 4.80. The Morgan fingerprint density at radius 2 is 1.75 bits per heavy atom. The van der Waals surface area contributed by atoms with E-state index in [0.717, 1.165) is 16.4 Å². The molecule has 0 aliphatic carbocycles. The summed E-state index contributed by atoms with van der Waals surface area (Å²) in [7, 11) is 3.13. The molecule has 1 N–H and O–H groups in total. The molecule has 5 nitrogen and oxygen atoms in total. The lowest BCUT2D eigenvalue weighted by Crippen LogP contribution is -2.15. The largest absolute Gasteiger partial charge is 0.496 e. The first-order valence-electron chi connectivity index (χ1n) is 8.70. The minimum absolute atomic E-state index is 0.116. The molecule has 0 aliphatic rings. The van der Waals surface area contributed by atoms with Crippen molar-refractivity contribution in [2.45, 2.75) is 6.42 Å². The lowest BCUT2D eigenvalue weighted by Gasteiger charge is -2.12. The van der Waals surface area contributed by atoms with Gasteiger partial charge in [-0.05, 0) is 30.3 Å². The average molecular weight is 396 g/mol. The summed E-state index contributed by atoms with van der Waals surface area (Å²) in [5.74, 6) is 0.957. The van der Waals surface area contributed by atoms with Crippen LogP contribution < -0.4 is 14.8 Å². The van der Waals surface area contributed by atoms with Gasteiger partial charge < -0.3 is 19.2 Å². The fourth-order valence-corrected chi connectivity index (χ4v) is 3.47. The maximum absolute atomic E-state index is 12.6. The van der Waals surface area contributed by atoms with Crippen LogP contribution in [0.3, 0.4) is 0 Å². The number of para-hydroxylation sites is 1. The van der Waals surface area contributed by atoms with Gasteiger partial charge in [0.2, 0.25) is 5.91 Å². The summed E-state index contributed by atoms with van der Waals surface area (Å²) < 4.78 is 16.7. The van der Waals surface area contributed by atoms with Crippen LogP contribution in [-0.4, -0.2) is 20.1 Å². The number of furan rings is 1. The number of nitrogens with one attached hydrogen (secondary N) is 1. The standard InChI is InChI=1S/C22H18ClNO4/c1-26-18-8-7-14(23)9-13(18)10-22(25)24-17-12-20-16(11-21(17)27-2)15-5-3-4-6-19(15)28-20/h3-9,11-12H,10H2,1-2H3,(H,24,25). The topological polar surface area (TPSA) is 60.7 Å². The zero-order valence-corrected chi connectivity index (χ0v) is 16.2. The van der Waals surface area contributed by atoms with E-state index < -0.39 is 0 Å². The van der Waals surface area contributed by atoms with E-state index in [1.807, 2.05) is 30.3 Å². The molecule has 3 aromatic carbocycles. The normalized spacial score (nSPS) is 11.0. The van der Waals surface area contributed by atoms with Crippen LogP contribution in [0.1, 0.15) is 5.56 Å². The summed E-state index contributed by atoms with van der Waals surface area (Å²) in [6.07, 6.45) is 0.116. The average Bonchev–Trinajstić information content (AvgIpc) is 3.04. The van der Waals surface area contributed by atoms with Gasteiger partial charge in [-0.1, -0.05) is 29.8 Å². The number of ether oxygens (including phenoxy) is 2. The highest BCUT2D eigenvalue weighted by Gasteiger charge is 2.15. The van der Waals surface area contributed by atoms with Crippen LogP contribution >= 0.6 is 11.6 Å². The second-order valence-electron chi connectivity index (χ2n) is 6.33. The molecule has 0 saturated heterocycles. The van der Waals surface area contributed by atoms with Crippen LogP contribution in [0.15, 0.2) is 59.0 Å². The Hall–Kier alpha value is -3.18. The number of hydrogen-bond acceptors (Lipinski definition) is 4. The van der Waals surface area contributed by atoms with Crippen molar-refractivity contribution >= 4 is 45.1 Å². The summed E-state index contributed by atoms with van der Waals surface area (Å²) in [5, 5.41) is 5.37. The highest BCUT2D eigenvalue weighted by Crippen LogP contribution is 2.36. The Balaban J connectivity index is 1.66. The SMILES string of the molecule is COc1ccc(Cl)cc1CC(=O)Nc1cc2oc3ccccc3c2cc1OC. The number of methoxy groups -OCH3 is 2. The fourth-order valence-electron chi connectivity index (χ4n) is 3.27. The molecular formula is C22H18ClNO4. The summed E-state index contributed by atoms with van der Waals surface area (Å²) >= 11 is 6.05. The molecule has 0 bridgehead atoms. The number of benzene rings is 3. The molecule has 0 fully saturated rings. The third-order valence-electron chi connectivity index (χ3n) is 4.57. The Morgan fingerprint density at radius 1 is 0.964 bits per heavy atom. The monoisotopic (exact) mass is 395 g/mol. The van der Waals surface area contributed by atoms with Crippen molar-refractivity contribution in [2.24, 2.45) is 0 Å².